The number of hydrogen-bond acceptors (Lipinski definition) is 6. The third-order valence-corrected chi connectivity index (χ3v) is 7.00. The van der Waals surface area contributed by atoms with Crippen LogP contribution in [0.1, 0.15) is 43.2 Å². The van der Waals surface area contributed by atoms with Gasteiger partial charge in [-0.3, -0.25) is 24.4 Å². The fraction of sp³-hybridized carbons (Fsp3) is 0.172. The molecule has 0 saturated heterocycles. The maximum atomic E-state index is 13.8. The molecule has 39 heavy (non-hydrogen) atoms. The highest BCUT2D eigenvalue weighted by Crippen LogP contribution is 2.28. The van der Waals surface area contributed by atoms with Crippen LogP contribution in [-0.4, -0.2) is 43.5 Å². The summed E-state index contributed by atoms with van der Waals surface area (Å²) in [4.78, 5) is 54.2. The van der Waals surface area contributed by atoms with E-state index in [0.29, 0.717) is 33.2 Å². The molecule has 0 bridgehead atoms. The minimum Gasteiger partial charge on any atom is -0.324 e. The Balaban J connectivity index is 1.44. The summed E-state index contributed by atoms with van der Waals surface area (Å²) in [5.41, 5.74) is 3.35. The van der Waals surface area contributed by atoms with Crippen molar-refractivity contribution in [1.82, 2.24) is 19.9 Å². The second-order valence-corrected chi connectivity index (χ2v) is 10.1. The first-order valence-corrected chi connectivity index (χ1v) is 12.9. The SMILES string of the molecule is Cc1cnc(NC(=O)c2ccc(CN3C(=O)c4ccc(Cl)cc4CC(=O)[C@H]3Cc3ccccn3)cc2Cl)cn1. The third-order valence-electron chi connectivity index (χ3n) is 6.45. The van der Waals surface area contributed by atoms with Gasteiger partial charge in [0.25, 0.3) is 11.8 Å². The highest BCUT2D eigenvalue weighted by atomic mass is 35.5. The monoisotopic (exact) mass is 559 g/mol. The molecular weight excluding hydrogens is 537 g/mol. The Morgan fingerprint density at radius 1 is 1.03 bits per heavy atom. The van der Waals surface area contributed by atoms with Crippen molar-refractivity contribution in [2.75, 3.05) is 5.32 Å². The number of nitrogens with one attached hydrogen (secondary N) is 1. The number of amides is 2. The van der Waals surface area contributed by atoms with E-state index in [1.807, 2.05) is 12.1 Å². The molecule has 0 saturated carbocycles. The van der Waals surface area contributed by atoms with E-state index in [1.165, 1.54) is 6.20 Å². The lowest BCUT2D eigenvalue weighted by molar-refractivity contribution is -0.122. The summed E-state index contributed by atoms with van der Waals surface area (Å²) in [6, 6.07) is 14.6. The summed E-state index contributed by atoms with van der Waals surface area (Å²) in [6.07, 6.45) is 5.01. The van der Waals surface area contributed by atoms with Crippen LogP contribution in [0.2, 0.25) is 10.0 Å². The van der Waals surface area contributed by atoms with Crippen molar-refractivity contribution in [3.8, 4) is 0 Å². The first-order chi connectivity index (χ1) is 18.8. The fourth-order valence-corrected chi connectivity index (χ4v) is 4.98. The molecule has 0 fully saturated rings. The number of carbonyl (C=O) groups excluding carboxylic acids is 3. The summed E-state index contributed by atoms with van der Waals surface area (Å²) in [6.45, 7) is 1.90. The van der Waals surface area contributed by atoms with Gasteiger partial charge in [-0.25, -0.2) is 4.98 Å². The number of anilines is 1. The van der Waals surface area contributed by atoms with E-state index >= 15 is 0 Å². The van der Waals surface area contributed by atoms with Crippen molar-refractivity contribution >= 4 is 46.6 Å². The Bertz CT molecular complexity index is 1560. The van der Waals surface area contributed by atoms with Crippen LogP contribution in [-0.2, 0) is 24.2 Å². The summed E-state index contributed by atoms with van der Waals surface area (Å²) in [5.74, 6) is -0.541. The lowest BCUT2D eigenvalue weighted by Gasteiger charge is -2.29. The molecule has 0 unspecified atom stereocenters. The van der Waals surface area contributed by atoms with E-state index in [0.717, 1.165) is 5.69 Å². The van der Waals surface area contributed by atoms with Crippen LogP contribution in [0.25, 0.3) is 0 Å². The predicted molar refractivity (Wildman–Crippen MR) is 148 cm³/mol. The van der Waals surface area contributed by atoms with Gasteiger partial charge in [0.1, 0.15) is 0 Å². The van der Waals surface area contributed by atoms with Gasteiger partial charge in [0, 0.05) is 41.9 Å². The lowest BCUT2D eigenvalue weighted by atomic mass is 9.99. The number of rotatable bonds is 6. The van der Waals surface area contributed by atoms with Gasteiger partial charge in [0.15, 0.2) is 11.6 Å². The molecule has 0 aliphatic carbocycles. The van der Waals surface area contributed by atoms with Gasteiger partial charge >= 0.3 is 0 Å². The van der Waals surface area contributed by atoms with E-state index in [1.54, 1.807) is 66.7 Å². The molecule has 2 amide bonds. The normalized spacial score (nSPS) is 15.1. The van der Waals surface area contributed by atoms with Crippen molar-refractivity contribution in [1.29, 1.82) is 0 Å². The van der Waals surface area contributed by atoms with Crippen molar-refractivity contribution in [2.24, 2.45) is 0 Å². The van der Waals surface area contributed by atoms with Crippen LogP contribution < -0.4 is 5.32 Å². The molecule has 2 aromatic carbocycles. The summed E-state index contributed by atoms with van der Waals surface area (Å²) < 4.78 is 0. The lowest BCUT2D eigenvalue weighted by Crippen LogP contribution is -2.45. The average Bonchev–Trinajstić information content (AvgIpc) is 3.00. The average molecular weight is 560 g/mol. The number of aromatic nitrogens is 3. The van der Waals surface area contributed by atoms with Gasteiger partial charge in [0.2, 0.25) is 0 Å². The Labute approximate surface area is 235 Å². The van der Waals surface area contributed by atoms with E-state index in [4.69, 9.17) is 23.2 Å². The molecule has 10 heteroatoms. The number of fused-ring (bicyclic) bond motifs is 1. The van der Waals surface area contributed by atoms with Crippen molar-refractivity contribution < 1.29 is 14.4 Å². The predicted octanol–water partition coefficient (Wildman–Crippen LogP) is 5.12. The largest absolute Gasteiger partial charge is 0.324 e. The Kier molecular flexibility index (Phi) is 7.67. The first-order valence-electron chi connectivity index (χ1n) is 12.2. The molecule has 1 aliphatic rings. The van der Waals surface area contributed by atoms with Gasteiger partial charge in [-0.15, -0.1) is 0 Å². The highest BCUT2D eigenvalue weighted by Gasteiger charge is 2.36. The smallest absolute Gasteiger partial charge is 0.258 e. The summed E-state index contributed by atoms with van der Waals surface area (Å²) in [7, 11) is 0. The summed E-state index contributed by atoms with van der Waals surface area (Å²) in [5, 5.41) is 3.33. The van der Waals surface area contributed by atoms with Crippen molar-refractivity contribution in [3.63, 3.8) is 0 Å². The number of nitrogens with zero attached hydrogens (tertiary/aromatic N) is 4. The van der Waals surface area contributed by atoms with E-state index in [2.05, 4.69) is 20.3 Å². The minimum absolute atomic E-state index is 0.0808. The van der Waals surface area contributed by atoms with Gasteiger partial charge in [-0.2, -0.15) is 0 Å². The van der Waals surface area contributed by atoms with Crippen LogP contribution in [0.5, 0.6) is 0 Å². The zero-order chi connectivity index (χ0) is 27.5. The van der Waals surface area contributed by atoms with E-state index in [9.17, 15) is 14.4 Å². The third kappa shape index (κ3) is 5.97. The number of aryl methyl sites for hydroxylation is 1. The van der Waals surface area contributed by atoms with Gasteiger partial charge < -0.3 is 10.2 Å². The molecule has 3 heterocycles. The van der Waals surface area contributed by atoms with Crippen LogP contribution in [0.4, 0.5) is 5.82 Å². The molecule has 4 aromatic rings. The van der Waals surface area contributed by atoms with Gasteiger partial charge in [0.05, 0.1) is 34.7 Å². The van der Waals surface area contributed by atoms with Crippen molar-refractivity contribution in [3.05, 3.63) is 117 Å². The number of benzene rings is 2. The van der Waals surface area contributed by atoms with Crippen LogP contribution >= 0.6 is 23.2 Å². The quantitative estimate of drug-likeness (QED) is 0.351. The standard InChI is InChI=1S/C29H23Cl2N5O3/c1-17-14-34-27(15-33-17)35-28(38)23-7-5-18(10-24(23)31)16-36-25(13-21-4-2-3-9-32-21)26(37)12-19-11-20(30)6-8-22(19)29(36)39/h2-11,14-15,25H,12-13,16H2,1H3,(H,34,35,38)/t25-/m1/s1. The minimum atomic E-state index is -0.750. The van der Waals surface area contributed by atoms with E-state index < -0.39 is 11.9 Å². The molecule has 5 rings (SSSR count). The second kappa shape index (κ2) is 11.3. The molecule has 1 N–H and O–H groups in total. The molecule has 1 aliphatic heterocycles. The molecule has 0 radical (unpaired) electrons. The Morgan fingerprint density at radius 3 is 2.59 bits per heavy atom. The number of ketones is 1. The number of hydrogen-bond donors (Lipinski definition) is 1. The molecule has 1 atom stereocenters. The number of carbonyl (C=O) groups is 3. The molecule has 0 spiro atoms. The zero-order valence-corrected chi connectivity index (χ0v) is 22.4. The zero-order valence-electron chi connectivity index (χ0n) is 20.9. The molecule has 8 nitrogen and oxygen atoms in total. The van der Waals surface area contributed by atoms with Crippen molar-refractivity contribution in [2.45, 2.75) is 32.4 Å². The Hall–Kier alpha value is -4.14. The summed E-state index contributed by atoms with van der Waals surface area (Å²) >= 11 is 12.7. The molecule has 196 valence electrons. The van der Waals surface area contributed by atoms with Crippen LogP contribution in [0.3, 0.4) is 0 Å². The molecule has 2 aromatic heterocycles. The fourth-order valence-electron chi connectivity index (χ4n) is 4.49. The first kappa shape index (κ1) is 26.5. The number of Topliss-reactive ketones (excluding diaryl/α,β-unsaturated/α-hetero) is 1. The number of pyridine rings is 1. The second-order valence-electron chi connectivity index (χ2n) is 9.23. The van der Waals surface area contributed by atoms with Crippen LogP contribution in [0, 0.1) is 6.92 Å². The van der Waals surface area contributed by atoms with Crippen LogP contribution in [0.15, 0.2) is 73.2 Å². The molecular formula is C29H23Cl2N5O3. The number of halogens is 2. The van der Waals surface area contributed by atoms with E-state index in [-0.39, 0.29) is 41.7 Å². The maximum absolute atomic E-state index is 13.8. The van der Waals surface area contributed by atoms with Gasteiger partial charge in [-0.1, -0.05) is 35.3 Å². The highest BCUT2D eigenvalue weighted by molar-refractivity contribution is 6.34. The maximum Gasteiger partial charge on any atom is 0.258 e. The Morgan fingerprint density at radius 2 is 1.87 bits per heavy atom. The topological polar surface area (TPSA) is 105 Å². The van der Waals surface area contributed by atoms with Gasteiger partial charge in [-0.05, 0) is 60.5 Å².